The van der Waals surface area contributed by atoms with Crippen molar-refractivity contribution in [2.75, 3.05) is 11.1 Å². The number of pyridine rings is 1. The van der Waals surface area contributed by atoms with Crippen LogP contribution in [0.25, 0.3) is 0 Å². The molecule has 0 fully saturated rings. The van der Waals surface area contributed by atoms with Crippen LogP contribution in [0.5, 0.6) is 0 Å². The molecule has 0 radical (unpaired) electrons. The minimum Gasteiger partial charge on any atom is -0.396 e. The van der Waals surface area contributed by atoms with Crippen LogP contribution in [0.3, 0.4) is 0 Å². The van der Waals surface area contributed by atoms with E-state index >= 15 is 0 Å². The second-order valence-electron chi connectivity index (χ2n) is 3.45. The zero-order chi connectivity index (χ0) is 10.7. The van der Waals surface area contributed by atoms with Gasteiger partial charge in [0.15, 0.2) is 0 Å². The maximum Gasteiger partial charge on any atom is 0.0739 e. The molecule has 0 unspecified atom stereocenters. The third-order valence-electron chi connectivity index (χ3n) is 2.18. The molecule has 3 heteroatoms. The molecule has 0 spiro atoms. The molecule has 1 aromatic carbocycles. The fourth-order valence-corrected chi connectivity index (χ4v) is 1.31. The van der Waals surface area contributed by atoms with Gasteiger partial charge in [0, 0.05) is 11.9 Å². The number of benzene rings is 1. The van der Waals surface area contributed by atoms with E-state index in [0.717, 1.165) is 11.4 Å². The molecular weight excluding hydrogens is 186 g/mol. The van der Waals surface area contributed by atoms with Gasteiger partial charge in [-0.15, -0.1) is 0 Å². The van der Waals surface area contributed by atoms with Crippen molar-refractivity contribution in [1.29, 1.82) is 0 Å². The van der Waals surface area contributed by atoms with E-state index in [2.05, 4.69) is 29.4 Å². The van der Waals surface area contributed by atoms with Crippen LogP contribution in [0.15, 0.2) is 42.7 Å². The molecule has 0 saturated carbocycles. The van der Waals surface area contributed by atoms with E-state index in [1.807, 2.05) is 18.2 Å². The highest BCUT2D eigenvalue weighted by Gasteiger charge is 1.97. The lowest BCUT2D eigenvalue weighted by atomic mass is 10.2. The molecule has 0 bridgehead atoms. The summed E-state index contributed by atoms with van der Waals surface area (Å²) in [6, 6.07) is 10.0. The standard InChI is InChI=1S/C12H13N3/c1-9-2-4-10(5-3-9)15-12-6-7-14-8-11(12)13/h2-8H,13H2,1H3,(H,14,15). The molecule has 0 aliphatic rings. The molecular formula is C12H13N3. The van der Waals surface area contributed by atoms with E-state index in [-0.39, 0.29) is 0 Å². The molecule has 3 nitrogen and oxygen atoms in total. The average molecular weight is 199 g/mol. The SMILES string of the molecule is Cc1ccc(Nc2ccncc2N)cc1. The molecule has 0 amide bonds. The Morgan fingerprint density at radius 3 is 2.53 bits per heavy atom. The Morgan fingerprint density at radius 2 is 1.87 bits per heavy atom. The molecule has 2 rings (SSSR count). The number of hydrogen-bond acceptors (Lipinski definition) is 3. The van der Waals surface area contributed by atoms with Crippen LogP contribution in [-0.4, -0.2) is 4.98 Å². The maximum atomic E-state index is 5.77. The Hall–Kier alpha value is -2.03. The Bertz CT molecular complexity index is 449. The molecule has 1 heterocycles. The summed E-state index contributed by atoms with van der Waals surface area (Å²) in [5.74, 6) is 0. The van der Waals surface area contributed by atoms with Gasteiger partial charge in [0.25, 0.3) is 0 Å². The summed E-state index contributed by atoms with van der Waals surface area (Å²) in [4.78, 5) is 3.94. The van der Waals surface area contributed by atoms with Crippen molar-refractivity contribution in [1.82, 2.24) is 4.98 Å². The van der Waals surface area contributed by atoms with Crippen LogP contribution in [0.1, 0.15) is 5.56 Å². The predicted octanol–water partition coefficient (Wildman–Crippen LogP) is 2.72. The second-order valence-corrected chi connectivity index (χ2v) is 3.45. The van der Waals surface area contributed by atoms with Crippen LogP contribution < -0.4 is 11.1 Å². The van der Waals surface area contributed by atoms with Crippen molar-refractivity contribution in [2.24, 2.45) is 0 Å². The summed E-state index contributed by atoms with van der Waals surface area (Å²) in [6.45, 7) is 2.06. The summed E-state index contributed by atoms with van der Waals surface area (Å²) in [5.41, 5.74) is 9.57. The number of nitrogens with two attached hydrogens (primary N) is 1. The monoisotopic (exact) mass is 199 g/mol. The van der Waals surface area contributed by atoms with Gasteiger partial charge < -0.3 is 11.1 Å². The summed E-state index contributed by atoms with van der Waals surface area (Å²) < 4.78 is 0. The molecule has 0 aliphatic heterocycles. The van der Waals surface area contributed by atoms with Crippen LogP contribution in [0, 0.1) is 6.92 Å². The molecule has 76 valence electrons. The average Bonchev–Trinajstić information content (AvgIpc) is 2.25. The van der Waals surface area contributed by atoms with E-state index < -0.39 is 0 Å². The number of nitrogen functional groups attached to an aromatic ring is 1. The number of rotatable bonds is 2. The summed E-state index contributed by atoms with van der Waals surface area (Å²) >= 11 is 0. The van der Waals surface area contributed by atoms with Crippen molar-refractivity contribution in [3.8, 4) is 0 Å². The molecule has 0 atom stereocenters. The van der Waals surface area contributed by atoms with Gasteiger partial charge in [-0.05, 0) is 25.1 Å². The van der Waals surface area contributed by atoms with Gasteiger partial charge in [-0.1, -0.05) is 17.7 Å². The third kappa shape index (κ3) is 2.26. The van der Waals surface area contributed by atoms with Crippen molar-refractivity contribution < 1.29 is 0 Å². The highest BCUT2D eigenvalue weighted by molar-refractivity contribution is 5.71. The van der Waals surface area contributed by atoms with Crippen molar-refractivity contribution in [3.63, 3.8) is 0 Å². The van der Waals surface area contributed by atoms with Gasteiger partial charge >= 0.3 is 0 Å². The highest BCUT2D eigenvalue weighted by atomic mass is 14.9. The van der Waals surface area contributed by atoms with E-state index in [1.54, 1.807) is 12.4 Å². The maximum absolute atomic E-state index is 5.77. The molecule has 0 aliphatic carbocycles. The second kappa shape index (κ2) is 4.00. The number of nitrogens with one attached hydrogen (secondary N) is 1. The number of aryl methyl sites for hydroxylation is 1. The van der Waals surface area contributed by atoms with Gasteiger partial charge in [-0.3, -0.25) is 4.98 Å². The first-order chi connectivity index (χ1) is 7.25. The first-order valence-corrected chi connectivity index (χ1v) is 4.79. The Balaban J connectivity index is 2.22. The lowest BCUT2D eigenvalue weighted by Crippen LogP contribution is -1.96. The van der Waals surface area contributed by atoms with Crippen LogP contribution >= 0.6 is 0 Å². The van der Waals surface area contributed by atoms with Crippen molar-refractivity contribution >= 4 is 17.1 Å². The Morgan fingerprint density at radius 1 is 1.13 bits per heavy atom. The van der Waals surface area contributed by atoms with E-state index in [9.17, 15) is 0 Å². The molecule has 3 N–H and O–H groups in total. The highest BCUT2D eigenvalue weighted by Crippen LogP contribution is 2.21. The molecule has 0 saturated heterocycles. The van der Waals surface area contributed by atoms with Gasteiger partial charge in [0.05, 0.1) is 17.6 Å². The smallest absolute Gasteiger partial charge is 0.0739 e. The summed E-state index contributed by atoms with van der Waals surface area (Å²) in [6.07, 6.45) is 3.35. The normalized spacial score (nSPS) is 9.93. The van der Waals surface area contributed by atoms with Crippen LogP contribution in [0.4, 0.5) is 17.1 Å². The van der Waals surface area contributed by atoms with E-state index in [1.165, 1.54) is 5.56 Å². The third-order valence-corrected chi connectivity index (χ3v) is 2.18. The zero-order valence-electron chi connectivity index (χ0n) is 8.57. The molecule has 15 heavy (non-hydrogen) atoms. The van der Waals surface area contributed by atoms with Crippen molar-refractivity contribution in [2.45, 2.75) is 6.92 Å². The molecule has 2 aromatic rings. The van der Waals surface area contributed by atoms with Crippen LogP contribution in [-0.2, 0) is 0 Å². The van der Waals surface area contributed by atoms with Gasteiger partial charge in [-0.25, -0.2) is 0 Å². The fraction of sp³-hybridized carbons (Fsp3) is 0.0833. The summed E-state index contributed by atoms with van der Waals surface area (Å²) in [7, 11) is 0. The Kier molecular flexibility index (Phi) is 2.54. The number of hydrogen-bond donors (Lipinski definition) is 2. The van der Waals surface area contributed by atoms with Gasteiger partial charge in [-0.2, -0.15) is 0 Å². The minimum absolute atomic E-state index is 0.651. The van der Waals surface area contributed by atoms with E-state index in [0.29, 0.717) is 5.69 Å². The first-order valence-electron chi connectivity index (χ1n) is 4.79. The predicted molar refractivity (Wildman–Crippen MR) is 63.1 cm³/mol. The largest absolute Gasteiger partial charge is 0.396 e. The number of anilines is 3. The lowest BCUT2D eigenvalue weighted by molar-refractivity contribution is 1.33. The minimum atomic E-state index is 0.651. The van der Waals surface area contributed by atoms with Gasteiger partial charge in [0.2, 0.25) is 0 Å². The lowest BCUT2D eigenvalue weighted by Gasteiger charge is -2.08. The van der Waals surface area contributed by atoms with Crippen LogP contribution in [0.2, 0.25) is 0 Å². The Labute approximate surface area is 89.0 Å². The topological polar surface area (TPSA) is 50.9 Å². The quantitative estimate of drug-likeness (QED) is 0.781. The van der Waals surface area contributed by atoms with E-state index in [4.69, 9.17) is 5.73 Å². The fourth-order valence-electron chi connectivity index (χ4n) is 1.31. The number of aromatic nitrogens is 1. The zero-order valence-corrected chi connectivity index (χ0v) is 8.57. The van der Waals surface area contributed by atoms with Gasteiger partial charge in [0.1, 0.15) is 0 Å². The first kappa shape index (κ1) is 9.52. The number of nitrogens with zero attached hydrogens (tertiary/aromatic N) is 1. The van der Waals surface area contributed by atoms with Crippen molar-refractivity contribution in [3.05, 3.63) is 48.3 Å². The molecule has 1 aromatic heterocycles. The summed E-state index contributed by atoms with van der Waals surface area (Å²) in [5, 5.41) is 3.23.